The van der Waals surface area contributed by atoms with Crippen LogP contribution >= 0.6 is 0 Å². The van der Waals surface area contributed by atoms with Gasteiger partial charge in [0.25, 0.3) is 0 Å². The molecule has 0 aliphatic heterocycles. The van der Waals surface area contributed by atoms with Crippen molar-refractivity contribution in [3.8, 4) is 5.75 Å². The molecule has 2 radical (unpaired) electrons. The van der Waals surface area contributed by atoms with Gasteiger partial charge in [0.1, 0.15) is 7.85 Å². The number of pyridine rings is 1. The number of carbonyl (C=O) groups is 1. The summed E-state index contributed by atoms with van der Waals surface area (Å²) in [6.45, 7) is 0. The Labute approximate surface area is 77.3 Å². The maximum Gasteiger partial charge on any atom is 0.360 e. The zero-order valence-corrected chi connectivity index (χ0v) is 7.40. The van der Waals surface area contributed by atoms with Gasteiger partial charge in [0, 0.05) is 6.20 Å². The van der Waals surface area contributed by atoms with Gasteiger partial charge in [-0.3, -0.25) is 0 Å². The third-order valence-electron chi connectivity index (χ3n) is 1.47. The number of esters is 1. The van der Waals surface area contributed by atoms with E-state index in [0.29, 0.717) is 11.2 Å². The molecule has 0 aliphatic rings. The molecule has 0 bridgehead atoms. The molecular formula is C8H8BNO3. The highest BCUT2D eigenvalue weighted by Crippen LogP contribution is 2.13. The van der Waals surface area contributed by atoms with Gasteiger partial charge in [0.15, 0.2) is 11.4 Å². The van der Waals surface area contributed by atoms with Crippen LogP contribution < -0.4 is 10.2 Å². The van der Waals surface area contributed by atoms with Crippen LogP contribution in [0.4, 0.5) is 0 Å². The summed E-state index contributed by atoms with van der Waals surface area (Å²) < 4.78 is 9.40. The Morgan fingerprint density at radius 2 is 2.23 bits per heavy atom. The molecule has 5 heteroatoms. The van der Waals surface area contributed by atoms with Gasteiger partial charge in [0.2, 0.25) is 0 Å². The second kappa shape index (κ2) is 3.93. The van der Waals surface area contributed by atoms with Crippen LogP contribution in [-0.2, 0) is 4.74 Å². The van der Waals surface area contributed by atoms with E-state index >= 15 is 0 Å². The van der Waals surface area contributed by atoms with Crippen molar-refractivity contribution < 1.29 is 14.3 Å². The highest BCUT2D eigenvalue weighted by Gasteiger charge is 2.13. The predicted octanol–water partition coefficient (Wildman–Crippen LogP) is -0.329. The summed E-state index contributed by atoms with van der Waals surface area (Å²) in [5.41, 5.74) is 0.559. The summed E-state index contributed by atoms with van der Waals surface area (Å²) in [6, 6.07) is 1.51. The molecule has 0 unspecified atom stereocenters. The number of methoxy groups -OCH3 is 2. The molecule has 1 aromatic rings. The Bertz CT molecular complexity index is 327. The number of nitrogens with zero attached hydrogens (tertiary/aromatic N) is 1. The van der Waals surface area contributed by atoms with Crippen molar-refractivity contribution in [1.29, 1.82) is 0 Å². The maximum atomic E-state index is 11.1. The molecule has 0 amide bonds. The Morgan fingerprint density at radius 1 is 1.54 bits per heavy atom. The topological polar surface area (TPSA) is 48.4 Å². The highest BCUT2D eigenvalue weighted by molar-refractivity contribution is 6.32. The van der Waals surface area contributed by atoms with Crippen molar-refractivity contribution in [2.45, 2.75) is 0 Å². The van der Waals surface area contributed by atoms with E-state index in [4.69, 9.17) is 12.6 Å². The second-order valence-electron chi connectivity index (χ2n) is 2.31. The van der Waals surface area contributed by atoms with Crippen LogP contribution in [-0.4, -0.2) is 33.0 Å². The third-order valence-corrected chi connectivity index (χ3v) is 1.47. The number of hydrogen-bond donors (Lipinski definition) is 0. The lowest BCUT2D eigenvalue weighted by atomic mass is 9.98. The Hall–Kier alpha value is -1.52. The SMILES string of the molecule is [B]c1cnc(C(=O)OC)c(OC)c1. The van der Waals surface area contributed by atoms with Crippen molar-refractivity contribution in [3.63, 3.8) is 0 Å². The molecule has 0 aliphatic carbocycles. The summed E-state index contributed by atoms with van der Waals surface area (Å²) in [7, 11) is 8.16. The predicted molar refractivity (Wildman–Crippen MR) is 47.5 cm³/mol. The minimum atomic E-state index is -0.545. The molecule has 4 nitrogen and oxygen atoms in total. The Kier molecular flexibility index (Phi) is 2.90. The van der Waals surface area contributed by atoms with E-state index in [1.807, 2.05) is 0 Å². The maximum absolute atomic E-state index is 11.1. The first-order valence-electron chi connectivity index (χ1n) is 3.57. The highest BCUT2D eigenvalue weighted by atomic mass is 16.5. The molecule has 0 spiro atoms. The lowest BCUT2D eigenvalue weighted by Crippen LogP contribution is -2.12. The average Bonchev–Trinajstić information content (AvgIpc) is 2.16. The van der Waals surface area contributed by atoms with Gasteiger partial charge in [-0.2, -0.15) is 0 Å². The van der Waals surface area contributed by atoms with E-state index in [-0.39, 0.29) is 5.69 Å². The monoisotopic (exact) mass is 177 g/mol. The molecular weight excluding hydrogens is 169 g/mol. The van der Waals surface area contributed by atoms with Crippen LogP contribution in [0.1, 0.15) is 10.5 Å². The Balaban J connectivity index is 3.13. The smallest absolute Gasteiger partial charge is 0.360 e. The number of rotatable bonds is 2. The largest absolute Gasteiger partial charge is 0.494 e. The van der Waals surface area contributed by atoms with E-state index in [2.05, 4.69) is 9.72 Å². The van der Waals surface area contributed by atoms with Crippen molar-refractivity contribution in [1.82, 2.24) is 4.98 Å². The van der Waals surface area contributed by atoms with Crippen molar-refractivity contribution in [2.75, 3.05) is 14.2 Å². The van der Waals surface area contributed by atoms with E-state index < -0.39 is 5.97 Å². The number of hydrogen-bond acceptors (Lipinski definition) is 4. The first kappa shape index (κ1) is 9.57. The van der Waals surface area contributed by atoms with E-state index in [1.165, 1.54) is 26.5 Å². The van der Waals surface area contributed by atoms with Gasteiger partial charge in [-0.05, 0) is 6.07 Å². The fraction of sp³-hybridized carbons (Fsp3) is 0.250. The summed E-state index contributed by atoms with van der Waals surface area (Å²) >= 11 is 0. The lowest BCUT2D eigenvalue weighted by Gasteiger charge is -2.05. The molecule has 0 N–H and O–H groups in total. The first-order chi connectivity index (χ1) is 6.19. The van der Waals surface area contributed by atoms with Gasteiger partial charge in [-0.15, -0.1) is 0 Å². The van der Waals surface area contributed by atoms with Gasteiger partial charge in [0.05, 0.1) is 14.2 Å². The zero-order chi connectivity index (χ0) is 9.84. The average molecular weight is 177 g/mol. The van der Waals surface area contributed by atoms with E-state index in [9.17, 15) is 4.79 Å². The first-order valence-corrected chi connectivity index (χ1v) is 3.57. The van der Waals surface area contributed by atoms with Gasteiger partial charge in [-0.1, -0.05) is 5.46 Å². The minimum absolute atomic E-state index is 0.124. The number of carbonyl (C=O) groups excluding carboxylic acids is 1. The second-order valence-corrected chi connectivity index (χ2v) is 2.31. The fourth-order valence-corrected chi connectivity index (χ4v) is 0.865. The molecule has 0 aromatic carbocycles. The molecule has 0 saturated heterocycles. The molecule has 0 saturated carbocycles. The summed E-state index contributed by atoms with van der Waals surface area (Å²) in [5, 5.41) is 0. The molecule has 0 fully saturated rings. The van der Waals surface area contributed by atoms with E-state index in [0.717, 1.165) is 0 Å². The third kappa shape index (κ3) is 1.99. The van der Waals surface area contributed by atoms with Crippen LogP contribution in [0, 0.1) is 0 Å². The van der Waals surface area contributed by atoms with Crippen molar-refractivity contribution in [3.05, 3.63) is 18.0 Å². The molecule has 1 aromatic heterocycles. The van der Waals surface area contributed by atoms with Crippen LogP contribution in [0.3, 0.4) is 0 Å². The van der Waals surface area contributed by atoms with Crippen molar-refractivity contribution in [2.24, 2.45) is 0 Å². The fourth-order valence-electron chi connectivity index (χ4n) is 0.865. The molecule has 13 heavy (non-hydrogen) atoms. The van der Waals surface area contributed by atoms with E-state index in [1.54, 1.807) is 0 Å². The van der Waals surface area contributed by atoms with Crippen LogP contribution in [0.2, 0.25) is 0 Å². The molecule has 1 rings (SSSR count). The lowest BCUT2D eigenvalue weighted by molar-refractivity contribution is 0.0590. The van der Waals surface area contributed by atoms with Crippen molar-refractivity contribution >= 4 is 19.3 Å². The van der Waals surface area contributed by atoms with Gasteiger partial charge in [-0.25, -0.2) is 9.78 Å². The quantitative estimate of drug-likeness (QED) is 0.458. The number of aromatic nitrogens is 1. The molecule has 0 atom stereocenters. The van der Waals surface area contributed by atoms with Crippen LogP contribution in [0.15, 0.2) is 12.3 Å². The molecule has 1 heterocycles. The standard InChI is InChI=1S/C8H8BNO3/c1-12-6-3-5(9)4-10-7(6)8(11)13-2/h3-4H,1-2H3. The number of ether oxygens (including phenoxy) is 2. The minimum Gasteiger partial charge on any atom is -0.494 e. The zero-order valence-electron chi connectivity index (χ0n) is 7.40. The summed E-state index contributed by atoms with van der Waals surface area (Å²) in [4.78, 5) is 14.9. The Morgan fingerprint density at radius 3 is 2.77 bits per heavy atom. The van der Waals surface area contributed by atoms with Crippen LogP contribution in [0.5, 0.6) is 5.75 Å². The summed E-state index contributed by atoms with van der Waals surface area (Å²) in [5.74, 6) is -0.233. The van der Waals surface area contributed by atoms with Crippen LogP contribution in [0.25, 0.3) is 0 Å². The van der Waals surface area contributed by atoms with Gasteiger partial charge < -0.3 is 9.47 Å². The normalized spacial score (nSPS) is 9.38. The molecule has 66 valence electrons. The van der Waals surface area contributed by atoms with Gasteiger partial charge >= 0.3 is 5.97 Å². The summed E-state index contributed by atoms with van der Waals surface area (Å²) in [6.07, 6.45) is 1.37.